The zero-order valence-corrected chi connectivity index (χ0v) is 12.6. The summed E-state index contributed by atoms with van der Waals surface area (Å²) in [6, 6.07) is 7.84. The first-order valence-electron chi connectivity index (χ1n) is 5.66. The Hall–Kier alpha value is -1.16. The molecule has 104 valence electrons. The molecule has 1 heterocycles. The monoisotopic (exact) mass is 304 g/mol. The molecule has 0 aromatic heterocycles. The van der Waals surface area contributed by atoms with E-state index in [0.717, 1.165) is 11.5 Å². The van der Waals surface area contributed by atoms with Crippen molar-refractivity contribution >= 4 is 24.6 Å². The van der Waals surface area contributed by atoms with Gasteiger partial charge in [-0.25, -0.2) is 4.79 Å². The van der Waals surface area contributed by atoms with Crippen LogP contribution in [0.15, 0.2) is 24.3 Å². The highest BCUT2D eigenvalue weighted by Gasteiger charge is 2.39. The maximum Gasteiger partial charge on any atom is 0.686 e. The van der Waals surface area contributed by atoms with Crippen molar-refractivity contribution in [1.29, 1.82) is 0 Å². The largest absolute Gasteiger partial charge is 0.686 e. The fourth-order valence-corrected chi connectivity index (χ4v) is 1.53. The Labute approximate surface area is 117 Å². The average Bonchev–Trinajstić information content (AvgIpc) is 3.07. The Balaban J connectivity index is 0.000000213. The molecule has 0 spiro atoms. The van der Waals surface area contributed by atoms with Crippen LogP contribution in [-0.2, 0) is 13.9 Å². The van der Waals surface area contributed by atoms with Gasteiger partial charge >= 0.3 is 13.3 Å². The number of carbonyl (C=O) groups is 1. The zero-order chi connectivity index (χ0) is 14.6. The van der Waals surface area contributed by atoms with Gasteiger partial charge < -0.3 is 10.5 Å². The number of carbonyl (C=O) groups excluding carboxylic acids is 1. The van der Waals surface area contributed by atoms with Gasteiger partial charge in [-0.05, 0) is 25.0 Å². The fraction of sp³-hybridized carbons (Fsp3) is 0.417. The van der Waals surface area contributed by atoms with Crippen molar-refractivity contribution in [3.05, 3.63) is 24.3 Å². The third-order valence-electron chi connectivity index (χ3n) is 2.82. The van der Waals surface area contributed by atoms with E-state index >= 15 is 0 Å². The number of rotatable bonds is 3. The lowest BCUT2D eigenvalue weighted by atomic mass is 9.90. The molecule has 0 saturated heterocycles. The number of nitrogens with two attached hydrogens (primary N) is 1. The van der Waals surface area contributed by atoms with Crippen molar-refractivity contribution < 1.29 is 18.6 Å². The zero-order valence-electron chi connectivity index (χ0n) is 10.9. The molecule has 19 heavy (non-hydrogen) atoms. The number of fused-ring (bicyclic) bond motifs is 1. The molecule has 1 aliphatic rings. The van der Waals surface area contributed by atoms with Crippen LogP contribution >= 0.6 is 18.6 Å². The molecule has 7 heteroatoms. The van der Waals surface area contributed by atoms with Crippen molar-refractivity contribution in [2.24, 2.45) is 11.7 Å². The van der Waals surface area contributed by atoms with E-state index in [-0.39, 0.29) is 5.92 Å². The van der Waals surface area contributed by atoms with Crippen LogP contribution in [-0.4, -0.2) is 11.5 Å². The predicted molar refractivity (Wildman–Crippen MR) is 73.5 cm³/mol. The maximum atomic E-state index is 11.1. The molecule has 1 aromatic carbocycles. The molecule has 1 aromatic rings. The van der Waals surface area contributed by atoms with Crippen molar-refractivity contribution in [2.75, 3.05) is 0 Å². The topological polar surface area (TPSA) is 81.9 Å². The van der Waals surface area contributed by atoms with Gasteiger partial charge in [0, 0.05) is 4.57 Å². The first-order chi connectivity index (χ1) is 8.75. The van der Waals surface area contributed by atoms with Gasteiger partial charge in [-0.1, -0.05) is 26.0 Å². The fourth-order valence-electron chi connectivity index (χ4n) is 1.01. The molecule has 2 unspecified atom stereocenters. The molecule has 2 N–H and O–H groups in total. The van der Waals surface area contributed by atoms with Crippen LogP contribution in [0.1, 0.15) is 20.8 Å². The van der Waals surface area contributed by atoms with E-state index in [1.165, 1.54) is 6.92 Å². The van der Waals surface area contributed by atoms with E-state index in [9.17, 15) is 9.36 Å². The lowest BCUT2D eigenvalue weighted by Crippen LogP contribution is -2.49. The Morgan fingerprint density at radius 3 is 2.21 bits per heavy atom. The average molecular weight is 305 g/mol. The number of halogens is 1. The smallest absolute Gasteiger partial charge is 0.450 e. The SMILES string of the molecule is CC(C)C(C)(N)C(=O)O[P+](=O)Cl.c1ccc2c(c1)O2. The molecule has 2 rings (SSSR count). The van der Waals surface area contributed by atoms with E-state index in [1.54, 1.807) is 13.8 Å². The van der Waals surface area contributed by atoms with E-state index < -0.39 is 18.9 Å². The van der Waals surface area contributed by atoms with Gasteiger partial charge in [0.25, 0.3) is 11.2 Å². The minimum absolute atomic E-state index is 0.100. The number of ether oxygens (including phenoxy) is 1. The van der Waals surface area contributed by atoms with Crippen molar-refractivity contribution in [3.63, 3.8) is 0 Å². The summed E-state index contributed by atoms with van der Waals surface area (Å²) in [4.78, 5) is 11.1. The van der Waals surface area contributed by atoms with Gasteiger partial charge in [0.15, 0.2) is 11.5 Å². The second-order valence-electron chi connectivity index (χ2n) is 4.58. The molecule has 2 atom stereocenters. The highest BCUT2D eigenvalue weighted by atomic mass is 35.7. The van der Waals surface area contributed by atoms with Crippen LogP contribution in [0.3, 0.4) is 0 Å². The Kier molecular flexibility index (Phi) is 5.29. The highest BCUT2D eigenvalue weighted by Crippen LogP contribution is 2.43. The van der Waals surface area contributed by atoms with Gasteiger partial charge in [0.1, 0.15) is 5.54 Å². The molecular formula is C12H16ClNO4P+. The molecular weight excluding hydrogens is 289 g/mol. The number of benzene rings is 1. The summed E-state index contributed by atoms with van der Waals surface area (Å²) in [7, 11) is -2.44. The Morgan fingerprint density at radius 1 is 1.42 bits per heavy atom. The second-order valence-corrected chi connectivity index (χ2v) is 6.01. The standard InChI is InChI=1S/C6H12ClNO3P.C6H4O/c1-4(2)6(3,8)5(9)11-12(7)10;1-2-4-6-5(3-1)7-6/h4H,8H2,1-3H3;1-4H/q+1;. The molecule has 1 aliphatic heterocycles. The molecule has 0 saturated carbocycles. The van der Waals surface area contributed by atoms with Crippen molar-refractivity contribution in [1.82, 2.24) is 0 Å². The minimum atomic E-state index is -2.44. The third kappa shape index (κ3) is 4.78. The molecule has 0 aliphatic carbocycles. The lowest BCUT2D eigenvalue weighted by molar-refractivity contribution is -0.140. The van der Waals surface area contributed by atoms with Gasteiger partial charge in [0.05, 0.1) is 0 Å². The summed E-state index contributed by atoms with van der Waals surface area (Å²) < 4.78 is 19.6. The summed E-state index contributed by atoms with van der Waals surface area (Å²) >= 11 is 4.99. The lowest BCUT2D eigenvalue weighted by Gasteiger charge is -2.22. The number of hydrogen-bond donors (Lipinski definition) is 1. The first-order valence-corrected chi connectivity index (χ1v) is 7.74. The van der Waals surface area contributed by atoms with E-state index in [4.69, 9.17) is 21.7 Å². The van der Waals surface area contributed by atoms with Crippen LogP contribution in [0.2, 0.25) is 0 Å². The molecule has 0 radical (unpaired) electrons. The summed E-state index contributed by atoms with van der Waals surface area (Å²) in [5, 5.41) is 0. The van der Waals surface area contributed by atoms with Crippen LogP contribution in [0.4, 0.5) is 0 Å². The summed E-state index contributed by atoms with van der Waals surface area (Å²) in [6.07, 6.45) is 0. The van der Waals surface area contributed by atoms with Crippen LogP contribution < -0.4 is 10.5 Å². The maximum absolute atomic E-state index is 11.1. The van der Waals surface area contributed by atoms with Crippen LogP contribution in [0, 0.1) is 5.92 Å². The van der Waals surface area contributed by atoms with Crippen LogP contribution in [0.25, 0.3) is 0 Å². The van der Waals surface area contributed by atoms with Gasteiger partial charge in [-0.2, -0.15) is 4.52 Å². The van der Waals surface area contributed by atoms with E-state index in [1.807, 2.05) is 24.3 Å². The number of para-hydroxylation sites is 2. The first kappa shape index (κ1) is 15.9. The van der Waals surface area contributed by atoms with Gasteiger partial charge in [0.2, 0.25) is 0 Å². The third-order valence-corrected chi connectivity index (χ3v) is 3.34. The van der Waals surface area contributed by atoms with E-state index in [0.29, 0.717) is 0 Å². The normalized spacial score (nSPS) is 15.2. The van der Waals surface area contributed by atoms with E-state index in [2.05, 4.69) is 4.52 Å². The predicted octanol–water partition coefficient (Wildman–Crippen LogP) is 3.59. The second kappa shape index (κ2) is 6.33. The molecule has 0 fully saturated rings. The number of hydrogen-bond acceptors (Lipinski definition) is 5. The van der Waals surface area contributed by atoms with Crippen LogP contribution in [0.5, 0.6) is 11.5 Å². The summed E-state index contributed by atoms with van der Waals surface area (Å²) in [6.45, 7) is 5.04. The van der Waals surface area contributed by atoms with Gasteiger partial charge in [-0.15, -0.1) is 0 Å². The Morgan fingerprint density at radius 2 is 1.89 bits per heavy atom. The van der Waals surface area contributed by atoms with Crippen molar-refractivity contribution in [2.45, 2.75) is 26.3 Å². The molecule has 0 amide bonds. The van der Waals surface area contributed by atoms with Crippen molar-refractivity contribution in [3.8, 4) is 11.5 Å². The highest BCUT2D eigenvalue weighted by molar-refractivity contribution is 7.70. The summed E-state index contributed by atoms with van der Waals surface area (Å²) in [5.74, 6) is 1.22. The minimum Gasteiger partial charge on any atom is -0.450 e. The van der Waals surface area contributed by atoms with Gasteiger partial charge in [-0.3, -0.25) is 0 Å². The summed E-state index contributed by atoms with van der Waals surface area (Å²) in [5.41, 5.74) is 4.45. The Bertz CT molecular complexity index is 469. The molecule has 0 bridgehead atoms. The quantitative estimate of drug-likeness (QED) is 0.692. The molecule has 5 nitrogen and oxygen atoms in total.